The van der Waals surface area contributed by atoms with Crippen molar-refractivity contribution in [3.8, 4) is 17.6 Å². The lowest BCUT2D eigenvalue weighted by Crippen LogP contribution is -2.41. The molecule has 2 N–H and O–H groups in total. The third-order valence-electron chi connectivity index (χ3n) is 5.67. The maximum absolute atomic E-state index is 14.5. The van der Waals surface area contributed by atoms with Crippen molar-refractivity contribution in [3.63, 3.8) is 0 Å². The van der Waals surface area contributed by atoms with Crippen LogP contribution in [0.2, 0.25) is 0 Å². The molecule has 1 amide bonds. The SMILES string of the molecule is CN1C(=O)[C@@](c2ccc(F)c(C#CC3CC3)c2)(c2ccc(OC(F)F)c(CCF)c2)N=C1N. The van der Waals surface area contributed by atoms with Gasteiger partial charge in [-0.1, -0.05) is 24.0 Å². The van der Waals surface area contributed by atoms with E-state index in [4.69, 9.17) is 5.73 Å². The molecule has 1 heterocycles. The highest BCUT2D eigenvalue weighted by Gasteiger charge is 2.50. The van der Waals surface area contributed by atoms with E-state index in [2.05, 4.69) is 21.6 Å². The number of nitrogens with zero attached hydrogens (tertiary/aromatic N) is 2. The number of rotatable bonds is 6. The van der Waals surface area contributed by atoms with Crippen molar-refractivity contribution in [3.05, 3.63) is 64.5 Å². The van der Waals surface area contributed by atoms with E-state index in [1.54, 1.807) is 0 Å². The van der Waals surface area contributed by atoms with Gasteiger partial charge < -0.3 is 10.5 Å². The monoisotopic (exact) mass is 459 g/mol. The quantitative estimate of drug-likeness (QED) is 0.529. The van der Waals surface area contributed by atoms with E-state index in [1.807, 2.05) is 0 Å². The third-order valence-corrected chi connectivity index (χ3v) is 5.67. The van der Waals surface area contributed by atoms with Gasteiger partial charge in [-0.3, -0.25) is 14.1 Å². The van der Waals surface area contributed by atoms with Crippen LogP contribution in [0.1, 0.15) is 35.1 Å². The Labute approximate surface area is 188 Å². The molecule has 2 aromatic rings. The zero-order valence-electron chi connectivity index (χ0n) is 17.7. The molecular formula is C24H21F4N3O2. The van der Waals surface area contributed by atoms with Gasteiger partial charge in [-0.2, -0.15) is 8.78 Å². The number of hydrogen-bond donors (Lipinski definition) is 1. The van der Waals surface area contributed by atoms with E-state index in [0.717, 1.165) is 17.7 Å². The summed E-state index contributed by atoms with van der Waals surface area (Å²) in [6.07, 6.45) is 1.72. The summed E-state index contributed by atoms with van der Waals surface area (Å²) >= 11 is 0. The summed E-state index contributed by atoms with van der Waals surface area (Å²) in [6, 6.07) is 8.07. The van der Waals surface area contributed by atoms with E-state index >= 15 is 0 Å². The summed E-state index contributed by atoms with van der Waals surface area (Å²) in [7, 11) is 1.44. The van der Waals surface area contributed by atoms with Gasteiger partial charge >= 0.3 is 6.61 Å². The highest BCUT2D eigenvalue weighted by atomic mass is 19.3. The van der Waals surface area contributed by atoms with Crippen molar-refractivity contribution < 1.29 is 27.1 Å². The van der Waals surface area contributed by atoms with Gasteiger partial charge in [0.2, 0.25) is 0 Å². The highest BCUT2D eigenvalue weighted by Crippen LogP contribution is 2.41. The Balaban J connectivity index is 1.89. The summed E-state index contributed by atoms with van der Waals surface area (Å²) in [5.74, 6) is 4.70. The van der Waals surface area contributed by atoms with E-state index in [9.17, 15) is 22.4 Å². The second-order valence-electron chi connectivity index (χ2n) is 7.92. The van der Waals surface area contributed by atoms with Crippen LogP contribution in [0.25, 0.3) is 0 Å². The molecule has 2 aromatic carbocycles. The number of ether oxygens (including phenoxy) is 1. The number of nitrogens with two attached hydrogens (primary N) is 1. The van der Waals surface area contributed by atoms with Crippen LogP contribution >= 0.6 is 0 Å². The molecule has 5 nitrogen and oxygen atoms in total. The van der Waals surface area contributed by atoms with Crippen molar-refractivity contribution in [2.45, 2.75) is 31.4 Å². The molecule has 172 valence electrons. The van der Waals surface area contributed by atoms with E-state index in [0.29, 0.717) is 5.56 Å². The van der Waals surface area contributed by atoms with Crippen molar-refractivity contribution in [1.29, 1.82) is 0 Å². The molecule has 1 saturated carbocycles. The van der Waals surface area contributed by atoms with Crippen LogP contribution in [0, 0.1) is 23.6 Å². The normalized spacial score (nSPS) is 20.0. The van der Waals surface area contributed by atoms with Gasteiger partial charge in [-0.05, 0) is 53.8 Å². The summed E-state index contributed by atoms with van der Waals surface area (Å²) in [5.41, 5.74) is 5.05. The first-order valence-electron chi connectivity index (χ1n) is 10.4. The molecule has 0 aromatic heterocycles. The second kappa shape index (κ2) is 8.77. The van der Waals surface area contributed by atoms with Crippen LogP contribution < -0.4 is 10.5 Å². The Kier molecular flexibility index (Phi) is 6.02. The lowest BCUT2D eigenvalue weighted by Gasteiger charge is -2.27. The minimum Gasteiger partial charge on any atom is -0.435 e. The first kappa shape index (κ1) is 22.6. The lowest BCUT2D eigenvalue weighted by atomic mass is 9.81. The average Bonchev–Trinajstić information content (AvgIpc) is 3.58. The van der Waals surface area contributed by atoms with Crippen LogP contribution in [0.15, 0.2) is 41.4 Å². The first-order chi connectivity index (χ1) is 15.8. The van der Waals surface area contributed by atoms with Crippen LogP contribution in [0.3, 0.4) is 0 Å². The molecule has 1 aliphatic carbocycles. The molecule has 0 saturated heterocycles. The molecule has 1 atom stereocenters. The molecule has 4 rings (SSSR count). The van der Waals surface area contributed by atoms with Gasteiger partial charge in [0.05, 0.1) is 12.2 Å². The summed E-state index contributed by atoms with van der Waals surface area (Å²) in [4.78, 5) is 19.0. The Morgan fingerprint density at radius 1 is 1.24 bits per heavy atom. The van der Waals surface area contributed by atoms with E-state index in [1.165, 1.54) is 43.4 Å². The molecule has 1 aliphatic heterocycles. The molecule has 0 spiro atoms. The number of benzene rings is 2. The number of alkyl halides is 3. The fraction of sp³-hybridized carbons (Fsp3) is 0.333. The van der Waals surface area contributed by atoms with Crippen LogP contribution in [-0.4, -0.2) is 37.1 Å². The van der Waals surface area contributed by atoms with Crippen LogP contribution in [0.4, 0.5) is 17.6 Å². The predicted molar refractivity (Wildman–Crippen MR) is 114 cm³/mol. The molecule has 33 heavy (non-hydrogen) atoms. The topological polar surface area (TPSA) is 67.9 Å². The van der Waals surface area contributed by atoms with Gasteiger partial charge in [-0.15, -0.1) is 0 Å². The first-order valence-corrected chi connectivity index (χ1v) is 10.4. The molecule has 9 heteroatoms. The van der Waals surface area contributed by atoms with Gasteiger partial charge in [-0.25, -0.2) is 9.38 Å². The number of carbonyl (C=O) groups excluding carboxylic acids is 1. The molecule has 0 unspecified atom stereocenters. The van der Waals surface area contributed by atoms with Gasteiger partial charge in [0.15, 0.2) is 11.5 Å². The average molecular weight is 459 g/mol. The third kappa shape index (κ3) is 4.25. The second-order valence-corrected chi connectivity index (χ2v) is 7.92. The standard InChI is InChI=1S/C24H21F4N3O2/c1-31-21(32)24(30-23(31)29,17-6-8-19(26)15(12-17)5-4-14-2-3-14)18-7-9-20(33-22(27)28)16(13-18)10-11-25/h6-9,12-14,22H,2-3,10-11H2,1H3,(H2,29,30)/t24-/m1/s1. The fourth-order valence-electron chi connectivity index (χ4n) is 3.75. The van der Waals surface area contributed by atoms with Crippen molar-refractivity contribution in [2.24, 2.45) is 16.6 Å². The molecule has 2 aliphatic rings. The van der Waals surface area contributed by atoms with E-state index < -0.39 is 30.5 Å². The van der Waals surface area contributed by atoms with Crippen molar-refractivity contribution in [2.75, 3.05) is 13.7 Å². The lowest BCUT2D eigenvalue weighted by molar-refractivity contribution is -0.129. The van der Waals surface area contributed by atoms with E-state index in [-0.39, 0.29) is 40.7 Å². The number of guanidine groups is 1. The number of aryl methyl sites for hydroxylation is 1. The van der Waals surface area contributed by atoms with Crippen molar-refractivity contribution in [1.82, 2.24) is 4.90 Å². The van der Waals surface area contributed by atoms with Crippen LogP contribution in [0.5, 0.6) is 5.75 Å². The maximum Gasteiger partial charge on any atom is 0.387 e. The minimum atomic E-state index is -3.10. The molecule has 0 radical (unpaired) electrons. The largest absolute Gasteiger partial charge is 0.435 e. The minimum absolute atomic E-state index is 0.0742. The van der Waals surface area contributed by atoms with Gasteiger partial charge in [0, 0.05) is 19.4 Å². The number of hydrogen-bond acceptors (Lipinski definition) is 4. The van der Waals surface area contributed by atoms with Gasteiger partial charge in [0.1, 0.15) is 11.6 Å². The van der Waals surface area contributed by atoms with Gasteiger partial charge in [0.25, 0.3) is 5.91 Å². The Bertz CT molecular complexity index is 1180. The Hall–Kier alpha value is -3.54. The summed E-state index contributed by atoms with van der Waals surface area (Å²) in [5, 5.41) is 0. The fourth-order valence-corrected chi connectivity index (χ4v) is 3.75. The zero-order chi connectivity index (χ0) is 23.8. The Morgan fingerprint density at radius 2 is 1.94 bits per heavy atom. The number of carbonyl (C=O) groups is 1. The summed E-state index contributed by atoms with van der Waals surface area (Å²) in [6.45, 7) is -3.92. The molecular weight excluding hydrogens is 438 g/mol. The summed E-state index contributed by atoms with van der Waals surface area (Å²) < 4.78 is 57.7. The number of amides is 1. The smallest absolute Gasteiger partial charge is 0.387 e. The predicted octanol–water partition coefficient (Wildman–Crippen LogP) is 3.73. The number of aliphatic imine (C=N–C) groups is 1. The highest BCUT2D eigenvalue weighted by molar-refractivity contribution is 6.09. The van der Waals surface area contributed by atoms with Crippen molar-refractivity contribution >= 4 is 11.9 Å². The number of likely N-dealkylation sites (N-methyl/N-ethyl adjacent to an activating group) is 1. The molecule has 1 fully saturated rings. The maximum atomic E-state index is 14.5. The Morgan fingerprint density at radius 3 is 2.55 bits per heavy atom. The molecule has 0 bridgehead atoms. The number of halogens is 4. The van der Waals surface area contributed by atoms with Crippen LogP contribution in [-0.2, 0) is 16.8 Å². The zero-order valence-corrected chi connectivity index (χ0v) is 17.7.